The average Bonchev–Trinajstić information content (AvgIpc) is 3.31. The number of rotatable bonds is 6. The van der Waals surface area contributed by atoms with Crippen molar-refractivity contribution >= 4 is 17.9 Å². The summed E-state index contributed by atoms with van der Waals surface area (Å²) in [6, 6.07) is 15.8. The molecule has 3 aromatic rings. The van der Waals surface area contributed by atoms with Crippen molar-refractivity contribution in [1.29, 1.82) is 0 Å². The maximum absolute atomic E-state index is 13.5. The molecule has 0 unspecified atom stereocenters. The minimum atomic E-state index is -0.491. The van der Waals surface area contributed by atoms with Crippen molar-refractivity contribution in [3.8, 4) is 11.5 Å². The topological polar surface area (TPSA) is 89.8 Å². The van der Waals surface area contributed by atoms with E-state index in [9.17, 15) is 9.59 Å². The number of hydrogen-bond acceptors (Lipinski definition) is 5. The number of carbonyl (C=O) groups excluding carboxylic acids is 2. The fraction of sp³-hybridized carbons (Fsp3) is 0.259. The fourth-order valence-corrected chi connectivity index (χ4v) is 4.02. The normalized spacial score (nSPS) is 16.7. The molecule has 2 N–H and O–H groups in total. The summed E-state index contributed by atoms with van der Waals surface area (Å²) >= 11 is 0. The third-order valence-electron chi connectivity index (χ3n) is 5.69. The highest BCUT2D eigenvalue weighted by Crippen LogP contribution is 2.41. The fourth-order valence-electron chi connectivity index (χ4n) is 4.02. The molecule has 2 aromatic carbocycles. The van der Waals surface area contributed by atoms with Crippen molar-refractivity contribution in [3.63, 3.8) is 0 Å². The van der Waals surface area contributed by atoms with Crippen LogP contribution in [0.15, 0.2) is 71.0 Å². The molecule has 7 heteroatoms. The van der Waals surface area contributed by atoms with Crippen LogP contribution in [-0.4, -0.2) is 24.5 Å². The Labute approximate surface area is 198 Å². The monoisotopic (exact) mass is 460 g/mol. The lowest BCUT2D eigenvalue weighted by Crippen LogP contribution is -2.43. The summed E-state index contributed by atoms with van der Waals surface area (Å²) in [6.45, 7) is 5.79. The van der Waals surface area contributed by atoms with Gasteiger partial charge >= 0.3 is 0 Å². The summed E-state index contributed by atoms with van der Waals surface area (Å²) in [4.78, 5) is 26.4. The van der Waals surface area contributed by atoms with Gasteiger partial charge in [-0.15, -0.1) is 0 Å². The minimum absolute atomic E-state index is 0.0805. The van der Waals surface area contributed by atoms with Crippen LogP contribution in [0.5, 0.6) is 11.5 Å². The molecule has 7 nitrogen and oxygen atoms in total. The molecule has 0 aliphatic carbocycles. The van der Waals surface area contributed by atoms with Gasteiger partial charge in [0.2, 0.25) is 0 Å². The molecule has 1 aliphatic rings. The molecule has 1 aromatic heterocycles. The molecule has 0 bridgehead atoms. The van der Waals surface area contributed by atoms with E-state index in [1.165, 1.54) is 12.3 Å². The summed E-state index contributed by atoms with van der Waals surface area (Å²) in [5.74, 6) is 0.989. The van der Waals surface area contributed by atoms with Gasteiger partial charge in [-0.3, -0.25) is 9.59 Å². The summed E-state index contributed by atoms with van der Waals surface area (Å²) in [6.07, 6.45) is 3.56. The SMILES string of the molecule is COc1ccc2c(c1)[C@@H](NC(=O)/C(=C/c1ccco1)NC(=O)c1ccccc1C)CC(C)(C)O2. The smallest absolute Gasteiger partial charge is 0.268 e. The van der Waals surface area contributed by atoms with Crippen molar-refractivity contribution in [1.82, 2.24) is 10.6 Å². The Bertz CT molecular complexity index is 1230. The number of fused-ring (bicyclic) bond motifs is 1. The second kappa shape index (κ2) is 9.47. The zero-order chi connectivity index (χ0) is 24.3. The molecule has 0 spiro atoms. The van der Waals surface area contributed by atoms with Crippen LogP contribution in [0.3, 0.4) is 0 Å². The third kappa shape index (κ3) is 5.14. The standard InChI is InChI=1S/C27H28N2O5/c1-17-8-5-6-10-20(17)25(30)28-22(15-19-9-7-13-33-19)26(31)29-23-16-27(2,3)34-24-12-11-18(32-4)14-21(23)24/h5-15,23H,16H2,1-4H3,(H,28,30)(H,29,31)/b22-15-/t23-/m0/s1. The predicted octanol–water partition coefficient (Wildman–Crippen LogP) is 4.79. The van der Waals surface area contributed by atoms with Gasteiger partial charge in [-0.2, -0.15) is 0 Å². The van der Waals surface area contributed by atoms with Crippen LogP contribution in [-0.2, 0) is 4.79 Å². The predicted molar refractivity (Wildman–Crippen MR) is 129 cm³/mol. The Morgan fingerprint density at radius 2 is 1.91 bits per heavy atom. The van der Waals surface area contributed by atoms with E-state index in [1.807, 2.05) is 51.1 Å². The highest BCUT2D eigenvalue weighted by molar-refractivity contribution is 6.05. The first-order chi connectivity index (χ1) is 16.3. The Morgan fingerprint density at radius 1 is 1.12 bits per heavy atom. The molecule has 0 saturated carbocycles. The molecule has 34 heavy (non-hydrogen) atoms. The van der Waals surface area contributed by atoms with Crippen molar-refractivity contribution < 1.29 is 23.5 Å². The van der Waals surface area contributed by atoms with E-state index in [0.29, 0.717) is 29.2 Å². The number of aryl methyl sites for hydroxylation is 1. The van der Waals surface area contributed by atoms with Gasteiger partial charge in [-0.25, -0.2) is 0 Å². The zero-order valence-corrected chi connectivity index (χ0v) is 19.7. The maximum Gasteiger partial charge on any atom is 0.268 e. The summed E-state index contributed by atoms with van der Waals surface area (Å²) in [7, 11) is 1.59. The molecule has 4 rings (SSSR count). The summed E-state index contributed by atoms with van der Waals surface area (Å²) < 4.78 is 16.9. The molecular weight excluding hydrogens is 432 g/mol. The molecular formula is C27H28N2O5. The Hall–Kier alpha value is -4.00. The van der Waals surface area contributed by atoms with Crippen molar-refractivity contribution in [2.75, 3.05) is 7.11 Å². The van der Waals surface area contributed by atoms with Gasteiger partial charge in [-0.1, -0.05) is 18.2 Å². The molecule has 1 aliphatic heterocycles. The second-order valence-electron chi connectivity index (χ2n) is 8.84. The van der Waals surface area contributed by atoms with E-state index >= 15 is 0 Å². The third-order valence-corrected chi connectivity index (χ3v) is 5.69. The number of furan rings is 1. The average molecular weight is 461 g/mol. The maximum atomic E-state index is 13.5. The number of ether oxygens (including phenoxy) is 2. The first kappa shape index (κ1) is 23.2. The van der Waals surface area contributed by atoms with Crippen LogP contribution in [0, 0.1) is 6.92 Å². The first-order valence-corrected chi connectivity index (χ1v) is 11.1. The molecule has 1 atom stereocenters. The van der Waals surface area contributed by atoms with Gasteiger partial charge in [0.05, 0.1) is 19.4 Å². The number of benzene rings is 2. The number of hydrogen-bond donors (Lipinski definition) is 2. The number of carbonyl (C=O) groups is 2. The number of nitrogens with one attached hydrogen (secondary N) is 2. The van der Waals surface area contributed by atoms with Crippen LogP contribution in [0.2, 0.25) is 0 Å². The van der Waals surface area contributed by atoms with Gasteiger partial charge in [0, 0.05) is 23.6 Å². The van der Waals surface area contributed by atoms with Crippen LogP contribution >= 0.6 is 0 Å². The minimum Gasteiger partial charge on any atom is -0.497 e. The van der Waals surface area contributed by atoms with Gasteiger partial charge in [0.1, 0.15) is 28.6 Å². The van der Waals surface area contributed by atoms with E-state index in [-0.39, 0.29) is 17.6 Å². The lowest BCUT2D eigenvalue weighted by molar-refractivity contribution is -0.119. The molecule has 2 amide bonds. The molecule has 2 heterocycles. The summed E-state index contributed by atoms with van der Waals surface area (Å²) in [5, 5.41) is 5.83. The number of amides is 2. The van der Waals surface area contributed by atoms with Crippen LogP contribution in [0.25, 0.3) is 6.08 Å². The lowest BCUT2D eigenvalue weighted by atomic mass is 9.89. The molecule has 0 saturated heterocycles. The van der Waals surface area contributed by atoms with Crippen molar-refractivity contribution in [2.24, 2.45) is 0 Å². The largest absolute Gasteiger partial charge is 0.497 e. The quantitative estimate of drug-likeness (QED) is 0.517. The molecule has 176 valence electrons. The van der Waals surface area contributed by atoms with Gasteiger partial charge in [0.25, 0.3) is 11.8 Å². The lowest BCUT2D eigenvalue weighted by Gasteiger charge is -2.38. The van der Waals surface area contributed by atoms with E-state index < -0.39 is 11.5 Å². The van der Waals surface area contributed by atoms with Crippen LogP contribution in [0.4, 0.5) is 0 Å². The second-order valence-corrected chi connectivity index (χ2v) is 8.84. The molecule has 0 fully saturated rings. The van der Waals surface area contributed by atoms with Gasteiger partial charge in [-0.05, 0) is 62.7 Å². The molecule has 0 radical (unpaired) electrons. The Balaban J connectivity index is 1.64. The van der Waals surface area contributed by atoms with Crippen LogP contribution < -0.4 is 20.1 Å². The summed E-state index contributed by atoms with van der Waals surface area (Å²) in [5.41, 5.74) is 1.70. The van der Waals surface area contributed by atoms with E-state index in [4.69, 9.17) is 13.9 Å². The van der Waals surface area contributed by atoms with E-state index in [1.54, 1.807) is 31.4 Å². The highest BCUT2D eigenvalue weighted by Gasteiger charge is 2.35. The van der Waals surface area contributed by atoms with Crippen molar-refractivity contribution in [3.05, 3.63) is 89.0 Å². The van der Waals surface area contributed by atoms with E-state index in [0.717, 1.165) is 11.1 Å². The number of methoxy groups -OCH3 is 1. The van der Waals surface area contributed by atoms with Crippen molar-refractivity contribution in [2.45, 2.75) is 38.8 Å². The Morgan fingerprint density at radius 3 is 2.62 bits per heavy atom. The van der Waals surface area contributed by atoms with Gasteiger partial charge in [0.15, 0.2) is 0 Å². The van der Waals surface area contributed by atoms with Gasteiger partial charge < -0.3 is 24.5 Å². The van der Waals surface area contributed by atoms with Crippen LogP contribution in [0.1, 0.15) is 53.6 Å². The van der Waals surface area contributed by atoms with E-state index in [2.05, 4.69) is 10.6 Å². The zero-order valence-electron chi connectivity index (χ0n) is 19.7. The Kier molecular flexibility index (Phi) is 6.45. The highest BCUT2D eigenvalue weighted by atomic mass is 16.5. The first-order valence-electron chi connectivity index (χ1n) is 11.1.